The van der Waals surface area contributed by atoms with Gasteiger partial charge >= 0.3 is 0 Å². The zero-order chi connectivity index (χ0) is 30.1. The van der Waals surface area contributed by atoms with Crippen molar-refractivity contribution >= 4 is 23.8 Å². The summed E-state index contributed by atoms with van der Waals surface area (Å²) in [4.78, 5) is 40.8. The largest absolute Gasteiger partial charge is 0.492 e. The fraction of sp³-hybridized carbons (Fsp3) is 0.469. The summed E-state index contributed by atoms with van der Waals surface area (Å²) in [5, 5.41) is 12.0. The Balaban J connectivity index is 1.65. The quantitative estimate of drug-likeness (QED) is 0.440. The van der Waals surface area contributed by atoms with Crippen LogP contribution in [0, 0.1) is 17.6 Å². The molecule has 0 aromatic heterocycles. The monoisotopic (exact) mass is 582 g/mol. The van der Waals surface area contributed by atoms with Gasteiger partial charge in [0.05, 0.1) is 6.04 Å². The molecule has 8 nitrogen and oxygen atoms in total. The lowest BCUT2D eigenvalue weighted by molar-refractivity contribution is -0.137. The van der Waals surface area contributed by atoms with E-state index in [1.54, 1.807) is 6.08 Å². The molecule has 4 rings (SSSR count). The van der Waals surface area contributed by atoms with E-state index in [-0.39, 0.29) is 24.8 Å². The van der Waals surface area contributed by atoms with Gasteiger partial charge in [0.15, 0.2) is 11.6 Å². The van der Waals surface area contributed by atoms with Crippen LogP contribution in [0.5, 0.6) is 5.75 Å². The summed E-state index contributed by atoms with van der Waals surface area (Å²) in [5.41, 5.74) is -0.0137. The standard InChI is InChI=1S/C32H40F2N4O4/c1-3-21(2)28-30(40)38-32(14-6-7-15-32)31(41)37-26(20-22-12-13-24(33)25(34)19-22)29(39)36-16-8-10-23-9-4-5-11-27(23)42-18-17-35-28/h4-5,8-13,19,21,26,28,35H,3,6-7,14-18,20H2,1-2H3,(H,36,39)(H,37,41)(H,38,40)/b10-8-. The molecular formula is C32H40F2N4O4. The fourth-order valence-corrected chi connectivity index (χ4v) is 5.49. The highest BCUT2D eigenvalue weighted by atomic mass is 19.2. The first-order valence-corrected chi connectivity index (χ1v) is 14.7. The lowest BCUT2D eigenvalue weighted by Gasteiger charge is -2.34. The minimum absolute atomic E-state index is 0.0146. The Labute approximate surface area is 245 Å². The maximum absolute atomic E-state index is 14.0. The average molecular weight is 583 g/mol. The van der Waals surface area contributed by atoms with Gasteiger partial charge in [-0.1, -0.05) is 69.5 Å². The number of fused-ring (bicyclic) bond motifs is 1. The number of rotatable bonds is 4. The van der Waals surface area contributed by atoms with Crippen LogP contribution in [0.15, 0.2) is 48.5 Å². The smallest absolute Gasteiger partial charge is 0.246 e. The molecule has 1 fully saturated rings. The Morgan fingerprint density at radius 1 is 1.02 bits per heavy atom. The predicted molar refractivity (Wildman–Crippen MR) is 157 cm³/mol. The first kappa shape index (κ1) is 31.2. The fourth-order valence-electron chi connectivity index (χ4n) is 5.49. The van der Waals surface area contributed by atoms with Crippen molar-refractivity contribution in [3.63, 3.8) is 0 Å². The van der Waals surface area contributed by atoms with Gasteiger partial charge in [-0.3, -0.25) is 14.4 Å². The Bertz CT molecular complexity index is 1300. The van der Waals surface area contributed by atoms with Crippen LogP contribution >= 0.6 is 0 Å². The van der Waals surface area contributed by atoms with Crippen LogP contribution in [0.25, 0.3) is 6.08 Å². The third-order valence-electron chi connectivity index (χ3n) is 8.13. The SMILES string of the molecule is CCC(C)C1NCCOc2ccccc2/C=C\CNC(=O)C(Cc2ccc(F)c(F)c2)NC(=O)C2(CCCC2)NC1=O. The molecule has 3 atom stereocenters. The summed E-state index contributed by atoms with van der Waals surface area (Å²) < 4.78 is 33.6. The molecule has 4 N–H and O–H groups in total. The molecule has 3 amide bonds. The summed E-state index contributed by atoms with van der Waals surface area (Å²) >= 11 is 0. The van der Waals surface area contributed by atoms with Crippen molar-refractivity contribution in [2.45, 2.75) is 70.0 Å². The molecular weight excluding hydrogens is 542 g/mol. The number of nitrogens with one attached hydrogen (secondary N) is 4. The number of benzene rings is 2. The van der Waals surface area contributed by atoms with E-state index in [0.717, 1.165) is 37.0 Å². The number of hydrogen-bond donors (Lipinski definition) is 4. The van der Waals surface area contributed by atoms with Crippen molar-refractivity contribution in [2.75, 3.05) is 19.7 Å². The van der Waals surface area contributed by atoms with E-state index in [1.165, 1.54) is 6.07 Å². The van der Waals surface area contributed by atoms with E-state index in [1.807, 2.05) is 44.2 Å². The summed E-state index contributed by atoms with van der Waals surface area (Å²) in [5.74, 6) is -2.61. The Kier molecular flexibility index (Phi) is 10.7. The summed E-state index contributed by atoms with van der Waals surface area (Å²) in [6.07, 6.45) is 6.64. The zero-order valence-corrected chi connectivity index (χ0v) is 24.2. The Morgan fingerprint density at radius 2 is 1.79 bits per heavy atom. The summed E-state index contributed by atoms with van der Waals surface area (Å²) in [6.45, 7) is 4.90. The highest BCUT2D eigenvalue weighted by Gasteiger charge is 2.45. The van der Waals surface area contributed by atoms with Crippen LogP contribution in [-0.4, -0.2) is 55.0 Å². The van der Waals surface area contributed by atoms with Crippen LogP contribution in [-0.2, 0) is 20.8 Å². The number of hydrogen-bond acceptors (Lipinski definition) is 5. The molecule has 3 unspecified atom stereocenters. The number of carbonyl (C=O) groups is 3. The van der Waals surface area contributed by atoms with Gasteiger partial charge in [0, 0.05) is 25.1 Å². The van der Waals surface area contributed by atoms with Crippen molar-refractivity contribution in [2.24, 2.45) is 5.92 Å². The number of halogens is 2. The van der Waals surface area contributed by atoms with Crippen molar-refractivity contribution < 1.29 is 27.9 Å². The lowest BCUT2D eigenvalue weighted by Crippen LogP contribution is -2.64. The molecule has 42 heavy (non-hydrogen) atoms. The molecule has 0 saturated heterocycles. The van der Waals surface area contributed by atoms with Gasteiger partial charge in [-0.2, -0.15) is 0 Å². The first-order valence-electron chi connectivity index (χ1n) is 14.7. The van der Waals surface area contributed by atoms with Gasteiger partial charge in [0.1, 0.15) is 23.9 Å². The lowest BCUT2D eigenvalue weighted by atomic mass is 9.92. The average Bonchev–Trinajstić information content (AvgIpc) is 3.46. The highest BCUT2D eigenvalue weighted by Crippen LogP contribution is 2.31. The summed E-state index contributed by atoms with van der Waals surface area (Å²) in [6, 6.07) is 9.26. The number of para-hydroxylation sites is 1. The van der Waals surface area contributed by atoms with E-state index in [2.05, 4.69) is 21.3 Å². The molecule has 226 valence electrons. The molecule has 0 bridgehead atoms. The maximum atomic E-state index is 14.0. The van der Waals surface area contributed by atoms with Crippen molar-refractivity contribution in [3.8, 4) is 5.75 Å². The van der Waals surface area contributed by atoms with Gasteiger partial charge in [-0.25, -0.2) is 8.78 Å². The molecule has 0 radical (unpaired) electrons. The van der Waals surface area contributed by atoms with Crippen LogP contribution in [0.4, 0.5) is 8.78 Å². The second-order valence-electron chi connectivity index (χ2n) is 11.1. The van der Waals surface area contributed by atoms with Crippen LogP contribution in [0.1, 0.15) is 57.1 Å². The maximum Gasteiger partial charge on any atom is 0.246 e. The van der Waals surface area contributed by atoms with Crippen molar-refractivity contribution in [3.05, 3.63) is 71.3 Å². The minimum Gasteiger partial charge on any atom is -0.492 e. The predicted octanol–water partition coefficient (Wildman–Crippen LogP) is 3.65. The van der Waals surface area contributed by atoms with Crippen molar-refractivity contribution in [1.29, 1.82) is 0 Å². The molecule has 1 aliphatic carbocycles. The highest BCUT2D eigenvalue weighted by molar-refractivity contribution is 5.96. The van der Waals surface area contributed by atoms with E-state index < -0.39 is 41.1 Å². The van der Waals surface area contributed by atoms with Gasteiger partial charge in [-0.15, -0.1) is 0 Å². The van der Waals surface area contributed by atoms with Gasteiger partial charge in [0.25, 0.3) is 0 Å². The van der Waals surface area contributed by atoms with Crippen LogP contribution in [0.2, 0.25) is 0 Å². The molecule has 10 heteroatoms. The van der Waals surface area contributed by atoms with Crippen LogP contribution in [0.3, 0.4) is 0 Å². The van der Waals surface area contributed by atoms with E-state index in [4.69, 9.17) is 4.74 Å². The topological polar surface area (TPSA) is 109 Å². The first-order chi connectivity index (χ1) is 20.2. The number of carbonyl (C=O) groups excluding carboxylic acids is 3. The third kappa shape index (κ3) is 7.73. The van der Waals surface area contributed by atoms with E-state index >= 15 is 0 Å². The van der Waals surface area contributed by atoms with Crippen LogP contribution < -0.4 is 26.0 Å². The van der Waals surface area contributed by atoms with Gasteiger partial charge in [0.2, 0.25) is 17.7 Å². The normalized spacial score (nSPS) is 23.4. The molecule has 2 aromatic carbocycles. The third-order valence-corrected chi connectivity index (χ3v) is 8.13. The van der Waals surface area contributed by atoms with E-state index in [0.29, 0.717) is 37.3 Å². The molecule has 2 aromatic rings. The zero-order valence-electron chi connectivity index (χ0n) is 24.2. The molecule has 1 heterocycles. The molecule has 1 saturated carbocycles. The molecule has 2 aliphatic rings. The Hall–Kier alpha value is -3.79. The van der Waals surface area contributed by atoms with Gasteiger partial charge < -0.3 is 26.0 Å². The molecule has 1 spiro atoms. The second-order valence-corrected chi connectivity index (χ2v) is 11.1. The van der Waals surface area contributed by atoms with Gasteiger partial charge in [-0.05, 0) is 42.5 Å². The van der Waals surface area contributed by atoms with E-state index in [9.17, 15) is 23.2 Å². The second kappa shape index (κ2) is 14.4. The number of amides is 3. The molecule has 1 aliphatic heterocycles. The summed E-state index contributed by atoms with van der Waals surface area (Å²) in [7, 11) is 0. The Morgan fingerprint density at radius 3 is 2.52 bits per heavy atom. The number of ether oxygens (including phenoxy) is 1. The van der Waals surface area contributed by atoms with Crippen molar-refractivity contribution in [1.82, 2.24) is 21.3 Å². The minimum atomic E-state index is -1.18.